The first kappa shape index (κ1) is 22.4. The zero-order valence-corrected chi connectivity index (χ0v) is 18.3. The van der Waals surface area contributed by atoms with E-state index in [1.54, 1.807) is 18.2 Å². The van der Waals surface area contributed by atoms with Crippen LogP contribution in [0.4, 0.5) is 10.5 Å². The average Bonchev–Trinajstić information content (AvgIpc) is 2.78. The van der Waals surface area contributed by atoms with Crippen LogP contribution in [0, 0.1) is 6.92 Å². The van der Waals surface area contributed by atoms with Crippen LogP contribution in [0.3, 0.4) is 0 Å². The highest BCUT2D eigenvalue weighted by atomic mass is 16.7. The van der Waals surface area contributed by atoms with Gasteiger partial charge in [-0.15, -0.1) is 0 Å². The number of hydrogen-bond acceptors (Lipinski definition) is 6. The van der Waals surface area contributed by atoms with Gasteiger partial charge in [-0.25, -0.2) is 9.59 Å². The number of carbonyl (C=O) groups excluding carboxylic acids is 1. The Hall–Kier alpha value is -3.32. The van der Waals surface area contributed by atoms with Crippen LogP contribution in [0.5, 0.6) is 5.75 Å². The van der Waals surface area contributed by atoms with Crippen molar-refractivity contribution in [3.05, 3.63) is 69.6 Å². The highest BCUT2D eigenvalue weighted by Gasteiger charge is 2.19. The standard InChI is InChI=1S/C24H27NO6/c1-5-6-10-20-16(2)19-13-12-18(14-22(19)31-23(20)26)30-15-17-9-7-8-11-21(17)25(29-4)24(27)28-3/h7-9,11-14H,5-6,10,15H2,1-4H3. The van der Waals surface area contributed by atoms with Crippen LogP contribution in [0.1, 0.15) is 36.5 Å². The summed E-state index contributed by atoms with van der Waals surface area (Å²) in [6.07, 6.45) is 2.03. The zero-order chi connectivity index (χ0) is 22.4. The molecule has 0 unspecified atom stereocenters. The number of anilines is 1. The molecule has 0 aliphatic rings. The molecule has 0 aliphatic heterocycles. The van der Waals surface area contributed by atoms with Gasteiger partial charge < -0.3 is 13.9 Å². The van der Waals surface area contributed by atoms with Crippen LogP contribution >= 0.6 is 0 Å². The lowest BCUT2D eigenvalue weighted by Gasteiger charge is -2.21. The number of methoxy groups -OCH3 is 1. The maximum atomic E-state index is 12.4. The quantitative estimate of drug-likeness (QED) is 0.367. The molecule has 3 aromatic rings. The number of aryl methyl sites for hydroxylation is 1. The number of nitrogens with zero attached hydrogens (tertiary/aromatic N) is 1. The Bertz CT molecular complexity index is 1120. The smallest absolute Gasteiger partial charge is 0.438 e. The Morgan fingerprint density at radius 1 is 1.13 bits per heavy atom. The molecule has 7 nitrogen and oxygen atoms in total. The molecular formula is C24H27NO6. The van der Waals surface area contributed by atoms with Gasteiger partial charge in [0.1, 0.15) is 17.9 Å². The molecule has 0 aliphatic carbocycles. The molecule has 0 bridgehead atoms. The molecule has 3 rings (SSSR count). The highest BCUT2D eigenvalue weighted by molar-refractivity contribution is 5.86. The lowest BCUT2D eigenvalue weighted by atomic mass is 10.0. The highest BCUT2D eigenvalue weighted by Crippen LogP contribution is 2.27. The van der Waals surface area contributed by atoms with E-state index in [9.17, 15) is 9.59 Å². The van der Waals surface area contributed by atoms with E-state index >= 15 is 0 Å². The number of hydrogen-bond donors (Lipinski definition) is 0. The first-order valence-electron chi connectivity index (χ1n) is 10.2. The second-order valence-corrected chi connectivity index (χ2v) is 7.12. The van der Waals surface area contributed by atoms with Crippen molar-refractivity contribution >= 4 is 22.7 Å². The van der Waals surface area contributed by atoms with E-state index < -0.39 is 6.09 Å². The summed E-state index contributed by atoms with van der Waals surface area (Å²) >= 11 is 0. The number of benzene rings is 2. The maximum Gasteiger partial charge on any atom is 0.438 e. The average molecular weight is 425 g/mol. The van der Waals surface area contributed by atoms with Gasteiger partial charge in [0.25, 0.3) is 0 Å². The molecule has 0 N–H and O–H groups in total. The first-order chi connectivity index (χ1) is 15.0. The molecule has 164 valence electrons. The van der Waals surface area contributed by atoms with Crippen molar-refractivity contribution in [2.75, 3.05) is 19.3 Å². The fourth-order valence-electron chi connectivity index (χ4n) is 3.45. The van der Waals surface area contributed by atoms with Gasteiger partial charge in [0.05, 0.1) is 19.9 Å². The number of ether oxygens (including phenoxy) is 2. The third kappa shape index (κ3) is 4.88. The maximum absolute atomic E-state index is 12.4. The van der Waals surface area contributed by atoms with Crippen molar-refractivity contribution in [3.8, 4) is 5.75 Å². The summed E-state index contributed by atoms with van der Waals surface area (Å²) in [5.74, 6) is 0.549. The number of rotatable bonds is 8. The van der Waals surface area contributed by atoms with Gasteiger partial charge in [-0.3, -0.25) is 4.84 Å². The van der Waals surface area contributed by atoms with Crippen molar-refractivity contribution in [1.29, 1.82) is 0 Å². The van der Waals surface area contributed by atoms with Gasteiger partial charge in [-0.2, -0.15) is 5.06 Å². The minimum Gasteiger partial charge on any atom is -0.489 e. The van der Waals surface area contributed by atoms with Crippen LogP contribution in [-0.2, 0) is 22.6 Å². The Labute approximate surface area is 181 Å². The van der Waals surface area contributed by atoms with Crippen LogP contribution in [-0.4, -0.2) is 20.3 Å². The molecule has 0 radical (unpaired) electrons. The number of amides is 1. The predicted octanol–water partition coefficient (Wildman–Crippen LogP) is 5.16. The summed E-state index contributed by atoms with van der Waals surface area (Å²) < 4.78 is 16.3. The van der Waals surface area contributed by atoms with Gasteiger partial charge >= 0.3 is 11.7 Å². The zero-order valence-electron chi connectivity index (χ0n) is 18.3. The molecule has 0 saturated heterocycles. The molecule has 7 heteroatoms. The van der Waals surface area contributed by atoms with Gasteiger partial charge in [0.15, 0.2) is 0 Å². The van der Waals surface area contributed by atoms with Gasteiger partial charge in [-0.1, -0.05) is 31.5 Å². The number of para-hydroxylation sites is 1. The number of carbonyl (C=O) groups is 1. The minimum absolute atomic E-state index is 0.177. The van der Waals surface area contributed by atoms with Gasteiger partial charge in [0.2, 0.25) is 0 Å². The van der Waals surface area contributed by atoms with Crippen molar-refractivity contribution in [3.63, 3.8) is 0 Å². The summed E-state index contributed by atoms with van der Waals surface area (Å²) in [5.41, 5.74) is 3.11. The van der Waals surface area contributed by atoms with Crippen molar-refractivity contribution in [2.24, 2.45) is 0 Å². The van der Waals surface area contributed by atoms with E-state index in [2.05, 4.69) is 6.92 Å². The second-order valence-electron chi connectivity index (χ2n) is 7.12. The van der Waals surface area contributed by atoms with Crippen molar-refractivity contribution < 1.29 is 23.5 Å². The molecule has 1 amide bonds. The number of hydroxylamine groups is 1. The third-order valence-corrected chi connectivity index (χ3v) is 5.17. The molecule has 0 fully saturated rings. The monoisotopic (exact) mass is 425 g/mol. The Morgan fingerprint density at radius 3 is 2.61 bits per heavy atom. The largest absolute Gasteiger partial charge is 0.489 e. The lowest BCUT2D eigenvalue weighted by molar-refractivity contribution is 0.115. The van der Waals surface area contributed by atoms with Crippen LogP contribution < -0.4 is 15.4 Å². The van der Waals surface area contributed by atoms with E-state index in [0.717, 1.165) is 40.0 Å². The molecule has 0 spiro atoms. The topological polar surface area (TPSA) is 78.2 Å². The molecule has 2 aromatic carbocycles. The minimum atomic E-state index is -0.642. The molecule has 1 aromatic heterocycles. The van der Waals surface area contributed by atoms with E-state index in [4.69, 9.17) is 18.7 Å². The third-order valence-electron chi connectivity index (χ3n) is 5.17. The van der Waals surface area contributed by atoms with Gasteiger partial charge in [-0.05, 0) is 43.5 Å². The number of fused-ring (bicyclic) bond motifs is 1. The predicted molar refractivity (Wildman–Crippen MR) is 119 cm³/mol. The summed E-state index contributed by atoms with van der Waals surface area (Å²) in [6, 6.07) is 12.7. The Kier molecular flexibility index (Phi) is 7.31. The van der Waals surface area contributed by atoms with Crippen LogP contribution in [0.15, 0.2) is 51.7 Å². The Balaban J connectivity index is 1.86. The van der Waals surface area contributed by atoms with E-state index in [1.807, 2.05) is 31.2 Å². The molecule has 31 heavy (non-hydrogen) atoms. The van der Waals surface area contributed by atoms with Crippen molar-refractivity contribution in [2.45, 2.75) is 39.7 Å². The van der Waals surface area contributed by atoms with Gasteiger partial charge in [0, 0.05) is 22.6 Å². The summed E-state index contributed by atoms with van der Waals surface area (Å²) in [6.45, 7) is 4.22. The molecule has 0 saturated carbocycles. The lowest BCUT2D eigenvalue weighted by Crippen LogP contribution is -2.30. The van der Waals surface area contributed by atoms with E-state index in [1.165, 1.54) is 14.2 Å². The molecule has 1 heterocycles. The second kappa shape index (κ2) is 10.1. The molecule has 0 atom stereocenters. The van der Waals surface area contributed by atoms with Crippen LogP contribution in [0.25, 0.3) is 11.0 Å². The summed E-state index contributed by atoms with van der Waals surface area (Å²) in [5, 5.41) is 1.95. The van der Waals surface area contributed by atoms with Crippen LogP contribution in [0.2, 0.25) is 0 Å². The van der Waals surface area contributed by atoms with E-state index in [0.29, 0.717) is 23.4 Å². The normalized spacial score (nSPS) is 10.8. The van der Waals surface area contributed by atoms with Crippen molar-refractivity contribution in [1.82, 2.24) is 0 Å². The summed E-state index contributed by atoms with van der Waals surface area (Å²) in [4.78, 5) is 29.6. The fraction of sp³-hybridized carbons (Fsp3) is 0.333. The fourth-order valence-corrected chi connectivity index (χ4v) is 3.45. The summed E-state index contributed by atoms with van der Waals surface area (Å²) in [7, 11) is 2.67. The molecular weight excluding hydrogens is 398 g/mol. The Morgan fingerprint density at radius 2 is 1.90 bits per heavy atom. The number of unbranched alkanes of at least 4 members (excludes halogenated alkanes) is 1. The first-order valence-corrected chi connectivity index (χ1v) is 10.2. The SMILES string of the molecule is CCCCc1c(C)c2ccc(OCc3ccccc3N(OC)C(=O)OC)cc2oc1=O. The van der Waals surface area contributed by atoms with E-state index in [-0.39, 0.29) is 12.2 Å².